The maximum atomic E-state index is 13.7. The van der Waals surface area contributed by atoms with E-state index >= 15 is 0 Å². The van der Waals surface area contributed by atoms with Crippen LogP contribution in [0.3, 0.4) is 0 Å². The van der Waals surface area contributed by atoms with Crippen molar-refractivity contribution in [3.05, 3.63) is 150 Å². The van der Waals surface area contributed by atoms with E-state index in [0.29, 0.717) is 25.4 Å². The minimum atomic E-state index is -3.90. The number of benzene rings is 4. The summed E-state index contributed by atoms with van der Waals surface area (Å²) in [5.74, 6) is -0.864. The van der Waals surface area contributed by atoms with Crippen LogP contribution in [0.15, 0.2) is 127 Å². The van der Waals surface area contributed by atoms with E-state index in [0.717, 1.165) is 22.3 Å². The first-order valence-electron chi connectivity index (χ1n) is 14.8. The third-order valence-corrected chi connectivity index (χ3v) is 9.04. The number of hydrogen-bond donors (Lipinski definition) is 0. The molecule has 0 radical (unpaired) electrons. The number of phosphoric acid groups is 1. The molecule has 2 atom stereocenters. The van der Waals surface area contributed by atoms with Gasteiger partial charge in [0.05, 0.1) is 26.4 Å². The second-order valence-corrected chi connectivity index (χ2v) is 11.8. The maximum absolute atomic E-state index is 13.7. The molecule has 4 aromatic rings. The quantitative estimate of drug-likeness (QED) is 0.107. The number of hydrogen-bond acceptors (Lipinski definition) is 6. The van der Waals surface area contributed by atoms with E-state index in [1.807, 2.05) is 91.0 Å². The molecule has 0 amide bonds. The summed E-state index contributed by atoms with van der Waals surface area (Å²) in [4.78, 5) is 0. The minimum Gasteiger partial charge on any atom is -0.404 e. The van der Waals surface area contributed by atoms with Crippen molar-refractivity contribution >= 4 is 13.6 Å². The summed E-state index contributed by atoms with van der Waals surface area (Å²) in [6.07, 6.45) is 2.58. The van der Waals surface area contributed by atoms with Crippen LogP contribution in [-0.4, -0.2) is 26.4 Å². The smallest absolute Gasteiger partial charge is 0.404 e. The first kappa shape index (κ1) is 30.9. The average Bonchev–Trinajstić information content (AvgIpc) is 3.54. The molecular weight excluding hydrogens is 559 g/mol. The van der Waals surface area contributed by atoms with Crippen molar-refractivity contribution < 1.29 is 27.6 Å². The van der Waals surface area contributed by atoms with Crippen LogP contribution in [-0.2, 0) is 33.4 Å². The molecule has 1 heterocycles. The van der Waals surface area contributed by atoms with Crippen molar-refractivity contribution in [2.24, 2.45) is 0 Å². The van der Waals surface area contributed by atoms with E-state index in [-0.39, 0.29) is 25.0 Å². The van der Waals surface area contributed by atoms with Gasteiger partial charge in [-0.05, 0) is 37.0 Å². The van der Waals surface area contributed by atoms with Crippen LogP contribution in [0.2, 0.25) is 0 Å². The lowest BCUT2D eigenvalue weighted by molar-refractivity contribution is -0.175. The Bertz CT molecular complexity index is 1460. The molecule has 7 heteroatoms. The highest BCUT2D eigenvalue weighted by atomic mass is 31.2. The third kappa shape index (κ3) is 7.72. The van der Waals surface area contributed by atoms with Crippen LogP contribution in [0.1, 0.15) is 54.4 Å². The molecule has 224 valence electrons. The fourth-order valence-electron chi connectivity index (χ4n) is 5.58. The Kier molecular flexibility index (Phi) is 10.6. The van der Waals surface area contributed by atoms with Gasteiger partial charge < -0.3 is 14.0 Å². The van der Waals surface area contributed by atoms with Crippen LogP contribution in [0.25, 0.3) is 5.76 Å². The first-order chi connectivity index (χ1) is 21.1. The summed E-state index contributed by atoms with van der Waals surface area (Å²) in [7, 11) is -3.90. The number of phosphoric ester groups is 1. The summed E-state index contributed by atoms with van der Waals surface area (Å²) in [6, 6.07) is 40.4. The number of ether oxygens (including phenoxy) is 2. The van der Waals surface area contributed by atoms with E-state index < -0.39 is 13.6 Å². The van der Waals surface area contributed by atoms with E-state index in [1.165, 1.54) is 0 Å². The lowest BCUT2D eigenvalue weighted by Crippen LogP contribution is -2.31. The van der Waals surface area contributed by atoms with Gasteiger partial charge in [-0.1, -0.05) is 121 Å². The van der Waals surface area contributed by atoms with Gasteiger partial charge >= 0.3 is 7.82 Å². The molecule has 1 aliphatic rings. The van der Waals surface area contributed by atoms with Gasteiger partial charge in [0, 0.05) is 23.5 Å². The molecule has 4 aromatic carbocycles. The molecular formula is C36H39O6P. The van der Waals surface area contributed by atoms with Gasteiger partial charge in [0.2, 0.25) is 0 Å². The molecule has 1 aliphatic heterocycles. The summed E-state index contributed by atoms with van der Waals surface area (Å²) >= 11 is 0. The van der Waals surface area contributed by atoms with Crippen molar-refractivity contribution in [1.29, 1.82) is 0 Å². The lowest BCUT2D eigenvalue weighted by Gasteiger charge is -2.35. The van der Waals surface area contributed by atoms with Gasteiger partial charge in [-0.2, -0.15) is 0 Å². The molecule has 0 N–H and O–H groups in total. The van der Waals surface area contributed by atoms with Gasteiger partial charge in [-0.15, -0.1) is 0 Å². The average molecular weight is 599 g/mol. The number of allylic oxidation sites excluding steroid dienone is 1. The molecule has 1 fully saturated rings. The van der Waals surface area contributed by atoms with Crippen LogP contribution < -0.4 is 0 Å². The Morgan fingerprint density at radius 2 is 1.23 bits per heavy atom. The molecule has 43 heavy (non-hydrogen) atoms. The molecule has 0 spiro atoms. The van der Waals surface area contributed by atoms with Gasteiger partial charge in [0.1, 0.15) is 5.76 Å². The van der Waals surface area contributed by atoms with Gasteiger partial charge in [0.15, 0.2) is 5.79 Å². The molecule has 0 bridgehead atoms. The summed E-state index contributed by atoms with van der Waals surface area (Å²) in [5, 5.41) is 0. The topological polar surface area (TPSA) is 63.2 Å². The normalized spacial score (nSPS) is 16.5. The highest BCUT2D eigenvalue weighted by Gasteiger charge is 2.43. The van der Waals surface area contributed by atoms with Crippen molar-refractivity contribution in [3.63, 3.8) is 0 Å². The predicted octanol–water partition coefficient (Wildman–Crippen LogP) is 9.08. The van der Waals surface area contributed by atoms with Gasteiger partial charge in [0.25, 0.3) is 0 Å². The fourth-order valence-corrected chi connectivity index (χ4v) is 6.80. The van der Waals surface area contributed by atoms with E-state index in [2.05, 4.69) is 36.4 Å². The SMILES string of the molecule is CCOP(=O)(OCC)O/C(=C\[C@H](c1ccccc1)[C@H](CC1(c2ccccc2)OCCO1)c1ccccc1)c1ccccc1. The monoisotopic (exact) mass is 598 g/mol. The van der Waals surface area contributed by atoms with Gasteiger partial charge in [-0.3, -0.25) is 9.05 Å². The largest absolute Gasteiger partial charge is 0.530 e. The van der Waals surface area contributed by atoms with Crippen molar-refractivity contribution in [3.8, 4) is 0 Å². The zero-order valence-corrected chi connectivity index (χ0v) is 25.6. The number of rotatable bonds is 14. The second kappa shape index (κ2) is 14.8. The zero-order valence-electron chi connectivity index (χ0n) is 24.7. The third-order valence-electron chi connectivity index (χ3n) is 7.48. The first-order valence-corrected chi connectivity index (χ1v) is 16.3. The van der Waals surface area contributed by atoms with Crippen LogP contribution in [0.5, 0.6) is 0 Å². The highest BCUT2D eigenvalue weighted by Crippen LogP contribution is 2.54. The molecule has 0 aliphatic carbocycles. The Balaban J connectivity index is 1.68. The van der Waals surface area contributed by atoms with Crippen molar-refractivity contribution in [2.75, 3.05) is 26.4 Å². The van der Waals surface area contributed by atoms with E-state index in [4.69, 9.17) is 23.0 Å². The fraction of sp³-hybridized carbons (Fsp3) is 0.278. The standard InChI is InChI=1S/C36H39O6P/c1-3-40-43(37,41-4-2)42-35(31-21-13-7-14-22-31)27-33(29-17-9-5-10-18-29)34(30-19-11-6-12-20-30)28-36(38-25-26-39-36)32-23-15-8-16-24-32/h5-24,27,33-34H,3-4,25-26,28H2,1-2H3/b35-27-/t33-,34-/m1/s1. The maximum Gasteiger partial charge on any atom is 0.530 e. The van der Waals surface area contributed by atoms with Crippen molar-refractivity contribution in [1.82, 2.24) is 0 Å². The Morgan fingerprint density at radius 1 is 0.744 bits per heavy atom. The van der Waals surface area contributed by atoms with E-state index in [9.17, 15) is 4.57 Å². The van der Waals surface area contributed by atoms with Crippen LogP contribution in [0, 0.1) is 0 Å². The molecule has 0 unspecified atom stereocenters. The highest BCUT2D eigenvalue weighted by molar-refractivity contribution is 7.48. The zero-order chi connectivity index (χ0) is 30.0. The van der Waals surface area contributed by atoms with Gasteiger partial charge in [-0.25, -0.2) is 4.57 Å². The summed E-state index contributed by atoms with van der Waals surface area (Å²) in [5.41, 5.74) is 3.92. The predicted molar refractivity (Wildman–Crippen MR) is 169 cm³/mol. The second-order valence-electron chi connectivity index (χ2n) is 10.2. The molecule has 0 saturated carbocycles. The van der Waals surface area contributed by atoms with Crippen LogP contribution >= 0.6 is 7.82 Å². The van der Waals surface area contributed by atoms with Crippen LogP contribution in [0.4, 0.5) is 0 Å². The van der Waals surface area contributed by atoms with Crippen molar-refractivity contribution in [2.45, 2.75) is 37.9 Å². The Hall–Kier alpha value is -3.51. The Labute approximate surface area is 254 Å². The molecule has 6 nitrogen and oxygen atoms in total. The lowest BCUT2D eigenvalue weighted by atomic mass is 9.76. The molecule has 0 aromatic heterocycles. The molecule has 1 saturated heterocycles. The molecule has 5 rings (SSSR count). The minimum absolute atomic E-state index is 0.122. The van der Waals surface area contributed by atoms with E-state index in [1.54, 1.807) is 13.8 Å². The Morgan fingerprint density at radius 3 is 1.77 bits per heavy atom. The summed E-state index contributed by atoms with van der Waals surface area (Å²) < 4.78 is 44.0. The summed E-state index contributed by atoms with van der Waals surface area (Å²) in [6.45, 7) is 4.91.